The molecule has 4 nitrogen and oxygen atoms in total. The molecule has 1 fully saturated rings. The van der Waals surface area contributed by atoms with Crippen LogP contribution in [0.1, 0.15) is 6.42 Å². The Morgan fingerprint density at radius 1 is 1.28 bits per heavy atom. The van der Waals surface area contributed by atoms with Gasteiger partial charge in [0, 0.05) is 19.0 Å². The third-order valence-electron chi connectivity index (χ3n) is 2.55. The molecular weight excluding hydrogens is 266 g/mol. The van der Waals surface area contributed by atoms with Gasteiger partial charge < -0.3 is 10.2 Å². The van der Waals surface area contributed by atoms with Crippen LogP contribution >= 0.6 is 11.6 Å². The van der Waals surface area contributed by atoms with E-state index in [9.17, 15) is 18.4 Å². The number of amides is 2. The van der Waals surface area contributed by atoms with E-state index in [-0.39, 0.29) is 36.1 Å². The molecule has 1 N–H and O–H groups in total. The first-order chi connectivity index (χ1) is 8.49. The molecular formula is C11H9ClF2N2O2. The molecule has 1 heterocycles. The van der Waals surface area contributed by atoms with Gasteiger partial charge in [-0.05, 0) is 6.07 Å². The minimum Gasteiger partial charge on any atom is -0.347 e. The second-order valence-corrected chi connectivity index (χ2v) is 4.20. The lowest BCUT2D eigenvalue weighted by Gasteiger charge is -2.21. The summed E-state index contributed by atoms with van der Waals surface area (Å²) in [4.78, 5) is 23.9. The van der Waals surface area contributed by atoms with Crippen LogP contribution in [0.3, 0.4) is 0 Å². The van der Waals surface area contributed by atoms with Crippen LogP contribution in [0.5, 0.6) is 0 Å². The van der Waals surface area contributed by atoms with Crippen LogP contribution in [-0.4, -0.2) is 24.9 Å². The number of carbonyl (C=O) groups excluding carboxylic acids is 2. The molecule has 0 unspecified atom stereocenters. The predicted molar refractivity (Wildman–Crippen MR) is 61.3 cm³/mol. The fraction of sp³-hybridized carbons (Fsp3) is 0.273. The van der Waals surface area contributed by atoms with Gasteiger partial charge in [0.15, 0.2) is 5.82 Å². The van der Waals surface area contributed by atoms with Crippen molar-refractivity contribution in [3.8, 4) is 0 Å². The summed E-state index contributed by atoms with van der Waals surface area (Å²) in [5.41, 5.74) is -0.195. The van der Waals surface area contributed by atoms with Gasteiger partial charge in [-0.25, -0.2) is 8.78 Å². The van der Waals surface area contributed by atoms with E-state index in [1.165, 1.54) is 0 Å². The maximum atomic E-state index is 13.7. The maximum Gasteiger partial charge on any atom is 0.246 e. The van der Waals surface area contributed by atoms with Crippen molar-refractivity contribution < 1.29 is 18.4 Å². The number of halogens is 3. The Morgan fingerprint density at radius 3 is 2.67 bits per heavy atom. The summed E-state index contributed by atoms with van der Waals surface area (Å²) < 4.78 is 26.6. The van der Waals surface area contributed by atoms with Crippen molar-refractivity contribution in [2.45, 2.75) is 6.42 Å². The van der Waals surface area contributed by atoms with Crippen molar-refractivity contribution in [1.82, 2.24) is 5.32 Å². The van der Waals surface area contributed by atoms with Crippen molar-refractivity contribution in [3.05, 3.63) is 28.8 Å². The molecule has 96 valence electrons. The maximum absolute atomic E-state index is 13.7. The first kappa shape index (κ1) is 12.8. The predicted octanol–water partition coefficient (Wildman–Crippen LogP) is 1.47. The molecule has 1 aromatic rings. The van der Waals surface area contributed by atoms with Crippen LogP contribution in [-0.2, 0) is 9.59 Å². The van der Waals surface area contributed by atoms with E-state index in [0.717, 1.165) is 11.0 Å². The molecule has 0 atom stereocenters. The number of benzene rings is 1. The van der Waals surface area contributed by atoms with Gasteiger partial charge in [-0.15, -0.1) is 0 Å². The highest BCUT2D eigenvalue weighted by Crippen LogP contribution is 2.30. The average Bonchev–Trinajstić information content (AvgIpc) is 2.43. The highest BCUT2D eigenvalue weighted by Gasteiger charge is 2.26. The molecule has 0 spiro atoms. The minimum atomic E-state index is -0.928. The van der Waals surface area contributed by atoms with Crippen molar-refractivity contribution >= 4 is 29.1 Å². The van der Waals surface area contributed by atoms with Gasteiger partial charge in [-0.3, -0.25) is 9.59 Å². The van der Waals surface area contributed by atoms with Crippen molar-refractivity contribution in [1.29, 1.82) is 0 Å². The lowest BCUT2D eigenvalue weighted by atomic mass is 10.2. The lowest BCUT2D eigenvalue weighted by Crippen LogP contribution is -2.36. The minimum absolute atomic E-state index is 0.00688. The topological polar surface area (TPSA) is 49.4 Å². The largest absolute Gasteiger partial charge is 0.347 e. The molecule has 2 amide bonds. The van der Waals surface area contributed by atoms with E-state index in [4.69, 9.17) is 11.6 Å². The molecule has 0 radical (unpaired) electrons. The Balaban J connectivity index is 2.41. The zero-order chi connectivity index (χ0) is 13.3. The molecule has 0 saturated carbocycles. The van der Waals surface area contributed by atoms with Gasteiger partial charge in [-0.1, -0.05) is 11.6 Å². The zero-order valence-corrected chi connectivity index (χ0v) is 9.93. The third-order valence-corrected chi connectivity index (χ3v) is 2.84. The second-order valence-electron chi connectivity index (χ2n) is 3.79. The lowest BCUT2D eigenvalue weighted by molar-refractivity contribution is -0.123. The fourth-order valence-electron chi connectivity index (χ4n) is 1.73. The number of anilines is 1. The number of hydrogen-bond acceptors (Lipinski definition) is 2. The molecule has 1 saturated heterocycles. The molecule has 1 aliphatic heterocycles. The Labute approximate surface area is 107 Å². The van der Waals surface area contributed by atoms with Crippen LogP contribution in [0, 0.1) is 11.6 Å². The third kappa shape index (κ3) is 2.43. The van der Waals surface area contributed by atoms with Gasteiger partial charge in [-0.2, -0.15) is 0 Å². The summed E-state index contributed by atoms with van der Waals surface area (Å²) in [7, 11) is 0. The van der Waals surface area contributed by atoms with E-state index in [1.807, 2.05) is 0 Å². The Morgan fingerprint density at radius 2 is 2.00 bits per heavy atom. The number of rotatable bonds is 1. The highest BCUT2D eigenvalue weighted by atomic mass is 35.5. The Hall–Kier alpha value is -1.69. The second kappa shape index (κ2) is 4.89. The summed E-state index contributed by atoms with van der Waals surface area (Å²) >= 11 is 5.74. The summed E-state index contributed by atoms with van der Waals surface area (Å²) in [6.45, 7) is -0.223. The first-order valence-corrected chi connectivity index (χ1v) is 5.58. The van der Waals surface area contributed by atoms with Crippen molar-refractivity contribution in [2.24, 2.45) is 0 Å². The van der Waals surface area contributed by atoms with Gasteiger partial charge in [0.2, 0.25) is 11.8 Å². The molecule has 18 heavy (non-hydrogen) atoms. The van der Waals surface area contributed by atoms with Crippen LogP contribution in [0.4, 0.5) is 14.5 Å². The Kier molecular flexibility index (Phi) is 3.47. The van der Waals surface area contributed by atoms with Crippen LogP contribution < -0.4 is 10.2 Å². The number of nitrogens with one attached hydrogen (secondary N) is 1. The van der Waals surface area contributed by atoms with E-state index >= 15 is 0 Å². The smallest absolute Gasteiger partial charge is 0.246 e. The number of hydrogen-bond donors (Lipinski definition) is 1. The Bertz CT molecular complexity index is 499. The molecule has 1 aliphatic rings. The van der Waals surface area contributed by atoms with Crippen molar-refractivity contribution in [2.75, 3.05) is 18.0 Å². The molecule has 0 aromatic heterocycles. The van der Waals surface area contributed by atoms with Crippen LogP contribution in [0.25, 0.3) is 0 Å². The zero-order valence-electron chi connectivity index (χ0n) is 9.17. The standard InChI is InChI=1S/C11H9ClF2N2O2/c12-7-3-6(13)4-8(14)11(7)16-2-1-9(17)15-5-10(16)18/h3-4H,1-2,5H2,(H,15,17). The average molecular weight is 275 g/mol. The molecule has 0 bridgehead atoms. The quantitative estimate of drug-likeness (QED) is 0.843. The van der Waals surface area contributed by atoms with Gasteiger partial charge in [0.05, 0.1) is 17.3 Å². The first-order valence-electron chi connectivity index (χ1n) is 5.20. The van der Waals surface area contributed by atoms with E-state index < -0.39 is 17.5 Å². The fourth-order valence-corrected chi connectivity index (χ4v) is 2.02. The van der Waals surface area contributed by atoms with Gasteiger partial charge in [0.25, 0.3) is 0 Å². The van der Waals surface area contributed by atoms with E-state index in [2.05, 4.69) is 5.32 Å². The SMILES string of the molecule is O=C1CCN(c2c(F)cc(F)cc2Cl)C(=O)CN1. The van der Waals surface area contributed by atoms with Gasteiger partial charge >= 0.3 is 0 Å². The highest BCUT2D eigenvalue weighted by molar-refractivity contribution is 6.34. The molecule has 1 aromatic carbocycles. The van der Waals surface area contributed by atoms with Crippen LogP contribution in [0.15, 0.2) is 12.1 Å². The number of carbonyl (C=O) groups is 2. The van der Waals surface area contributed by atoms with Gasteiger partial charge in [0.1, 0.15) is 5.82 Å². The van der Waals surface area contributed by atoms with E-state index in [1.54, 1.807) is 0 Å². The summed E-state index contributed by atoms with van der Waals surface area (Å²) in [6.07, 6.45) is 0.0406. The van der Waals surface area contributed by atoms with E-state index in [0.29, 0.717) is 6.07 Å². The summed E-state index contributed by atoms with van der Waals surface area (Å²) in [6, 6.07) is 1.57. The molecule has 0 aliphatic carbocycles. The molecule has 7 heteroatoms. The number of nitrogens with zero attached hydrogens (tertiary/aromatic N) is 1. The molecule has 2 rings (SSSR count). The normalized spacial score (nSPS) is 16.5. The monoisotopic (exact) mass is 274 g/mol. The summed E-state index contributed by atoms with van der Waals surface area (Å²) in [5, 5.41) is 2.18. The summed E-state index contributed by atoms with van der Waals surface area (Å²) in [5.74, 6) is -2.54. The van der Waals surface area contributed by atoms with Crippen LogP contribution in [0.2, 0.25) is 5.02 Å². The van der Waals surface area contributed by atoms with Crippen molar-refractivity contribution in [3.63, 3.8) is 0 Å².